The van der Waals surface area contributed by atoms with Crippen molar-refractivity contribution in [3.05, 3.63) is 41.5 Å². The zero-order valence-electron chi connectivity index (χ0n) is 13.6. The summed E-state index contributed by atoms with van der Waals surface area (Å²) in [5, 5.41) is 10.0. The minimum absolute atomic E-state index is 0.349. The van der Waals surface area contributed by atoms with Crippen molar-refractivity contribution in [2.75, 3.05) is 13.1 Å². The van der Waals surface area contributed by atoms with E-state index in [9.17, 15) is 5.11 Å². The van der Waals surface area contributed by atoms with Crippen molar-refractivity contribution in [3.8, 4) is 5.75 Å². The monoisotopic (exact) mass is 297 g/mol. The molecular weight excluding hydrogens is 270 g/mol. The van der Waals surface area contributed by atoms with Gasteiger partial charge in [-0.2, -0.15) is 0 Å². The zero-order valence-corrected chi connectivity index (χ0v) is 13.6. The second-order valence-corrected chi connectivity index (χ2v) is 7.44. The van der Waals surface area contributed by atoms with Crippen LogP contribution in [0.4, 0.5) is 0 Å². The maximum absolute atomic E-state index is 10.0. The van der Waals surface area contributed by atoms with Crippen molar-refractivity contribution in [3.63, 3.8) is 0 Å². The van der Waals surface area contributed by atoms with E-state index in [1.54, 1.807) is 0 Å². The van der Waals surface area contributed by atoms with E-state index in [0.717, 1.165) is 12.5 Å². The molecule has 1 saturated carbocycles. The first-order valence-corrected chi connectivity index (χ1v) is 8.92. The van der Waals surface area contributed by atoms with Gasteiger partial charge in [-0.05, 0) is 68.3 Å². The molecular formula is C20H27NO. The van der Waals surface area contributed by atoms with Gasteiger partial charge < -0.3 is 5.11 Å². The van der Waals surface area contributed by atoms with Gasteiger partial charge in [-0.1, -0.05) is 31.1 Å². The molecule has 1 aromatic rings. The average molecular weight is 297 g/mol. The topological polar surface area (TPSA) is 23.5 Å². The Kier molecular flexibility index (Phi) is 3.53. The van der Waals surface area contributed by atoms with Crippen molar-refractivity contribution >= 4 is 0 Å². The van der Waals surface area contributed by atoms with E-state index in [0.29, 0.717) is 17.2 Å². The van der Waals surface area contributed by atoms with Gasteiger partial charge in [0.2, 0.25) is 0 Å². The van der Waals surface area contributed by atoms with Crippen LogP contribution in [0.25, 0.3) is 0 Å². The van der Waals surface area contributed by atoms with Crippen LogP contribution in [0.15, 0.2) is 30.4 Å². The number of rotatable bonds is 2. The lowest BCUT2D eigenvalue weighted by molar-refractivity contribution is -0.00522. The van der Waals surface area contributed by atoms with E-state index in [1.807, 2.05) is 6.07 Å². The van der Waals surface area contributed by atoms with Gasteiger partial charge in [0.1, 0.15) is 5.75 Å². The van der Waals surface area contributed by atoms with E-state index in [1.165, 1.54) is 56.2 Å². The molecule has 1 heterocycles. The number of hydrogen-bond donors (Lipinski definition) is 1. The maximum Gasteiger partial charge on any atom is 0.115 e. The second-order valence-electron chi connectivity index (χ2n) is 7.44. The van der Waals surface area contributed by atoms with Gasteiger partial charge in [0.15, 0.2) is 0 Å². The van der Waals surface area contributed by atoms with Gasteiger partial charge in [0.25, 0.3) is 0 Å². The molecule has 0 aromatic heterocycles. The molecule has 118 valence electrons. The molecule has 2 heteroatoms. The predicted octanol–water partition coefficient (Wildman–Crippen LogP) is 4.03. The Hall–Kier alpha value is -1.28. The van der Waals surface area contributed by atoms with Crippen LogP contribution in [0, 0.1) is 5.92 Å². The first-order chi connectivity index (χ1) is 10.7. The van der Waals surface area contributed by atoms with E-state index in [-0.39, 0.29) is 0 Å². The molecule has 0 spiro atoms. The SMILES string of the molecule is C/C=C/CN1CC[C@]23CCCC[C@H]2[C@H]1Cc1ccc(O)cc13. The van der Waals surface area contributed by atoms with E-state index in [4.69, 9.17) is 0 Å². The summed E-state index contributed by atoms with van der Waals surface area (Å²) < 4.78 is 0. The molecule has 1 N–H and O–H groups in total. The standard InChI is InChI=1S/C20H27NO/c1-2-3-11-21-12-10-20-9-5-4-6-17(20)19(21)13-15-7-8-16(22)14-18(15)20/h2-3,7-8,14,17,19,22H,4-6,9-13H2,1H3/b3-2+/t17-,19+,20+/m0/s1. The largest absolute Gasteiger partial charge is 0.508 e. The molecule has 0 unspecified atom stereocenters. The van der Waals surface area contributed by atoms with Crippen molar-refractivity contribution in [2.45, 2.75) is 56.9 Å². The molecule has 3 aliphatic rings. The molecule has 2 aliphatic carbocycles. The molecule has 4 rings (SSSR count). The van der Waals surface area contributed by atoms with Gasteiger partial charge in [0, 0.05) is 18.0 Å². The number of phenols is 1. The molecule has 0 radical (unpaired) electrons. The van der Waals surface area contributed by atoms with E-state index < -0.39 is 0 Å². The summed E-state index contributed by atoms with van der Waals surface area (Å²) in [6.45, 7) is 4.43. The Balaban J connectivity index is 1.78. The van der Waals surface area contributed by atoms with Gasteiger partial charge in [-0.3, -0.25) is 4.90 Å². The van der Waals surface area contributed by atoms with Crippen LogP contribution in [0.3, 0.4) is 0 Å². The van der Waals surface area contributed by atoms with Crippen LogP contribution in [0.2, 0.25) is 0 Å². The number of hydrogen-bond acceptors (Lipinski definition) is 2. The third kappa shape index (κ3) is 2.04. The molecule has 1 aromatic carbocycles. The fourth-order valence-corrected chi connectivity index (χ4v) is 5.54. The third-order valence-corrected chi connectivity index (χ3v) is 6.51. The van der Waals surface area contributed by atoms with E-state index >= 15 is 0 Å². The first-order valence-electron chi connectivity index (χ1n) is 8.92. The highest BCUT2D eigenvalue weighted by Crippen LogP contribution is 2.56. The van der Waals surface area contributed by atoms with Crippen LogP contribution in [0.5, 0.6) is 5.75 Å². The highest BCUT2D eigenvalue weighted by atomic mass is 16.3. The number of piperidine rings is 1. The molecule has 2 fully saturated rings. The summed E-state index contributed by atoms with van der Waals surface area (Å²) in [6.07, 6.45) is 12.3. The number of phenolic OH excluding ortho intramolecular Hbond substituents is 1. The second kappa shape index (κ2) is 5.42. The summed E-state index contributed by atoms with van der Waals surface area (Å²) in [5.74, 6) is 1.24. The number of fused-ring (bicyclic) bond motifs is 1. The lowest BCUT2D eigenvalue weighted by Crippen LogP contribution is -2.60. The van der Waals surface area contributed by atoms with E-state index in [2.05, 4.69) is 36.1 Å². The van der Waals surface area contributed by atoms with Gasteiger partial charge >= 0.3 is 0 Å². The number of benzene rings is 1. The van der Waals surface area contributed by atoms with Crippen LogP contribution < -0.4 is 0 Å². The molecule has 1 saturated heterocycles. The smallest absolute Gasteiger partial charge is 0.115 e. The molecule has 1 aliphatic heterocycles. The summed E-state index contributed by atoms with van der Waals surface area (Å²) in [6, 6.07) is 6.85. The van der Waals surface area contributed by atoms with Crippen molar-refractivity contribution < 1.29 is 5.11 Å². The average Bonchev–Trinajstić information content (AvgIpc) is 2.55. The van der Waals surface area contributed by atoms with Gasteiger partial charge in [-0.15, -0.1) is 0 Å². The fourth-order valence-electron chi connectivity index (χ4n) is 5.54. The van der Waals surface area contributed by atoms with Crippen LogP contribution >= 0.6 is 0 Å². The van der Waals surface area contributed by atoms with Crippen LogP contribution in [-0.2, 0) is 11.8 Å². The molecule has 2 bridgehead atoms. The third-order valence-electron chi connectivity index (χ3n) is 6.51. The Morgan fingerprint density at radius 2 is 2.23 bits per heavy atom. The summed E-state index contributed by atoms with van der Waals surface area (Å²) in [7, 11) is 0. The Labute approximate surface area is 133 Å². The number of aromatic hydroxyl groups is 1. The highest BCUT2D eigenvalue weighted by Gasteiger charge is 2.53. The number of allylic oxidation sites excluding steroid dienone is 1. The summed E-state index contributed by atoms with van der Waals surface area (Å²) >= 11 is 0. The lowest BCUT2D eigenvalue weighted by Gasteiger charge is -2.59. The Bertz CT molecular complexity index is 593. The molecule has 2 nitrogen and oxygen atoms in total. The number of nitrogens with zero attached hydrogens (tertiary/aromatic N) is 1. The molecule has 0 amide bonds. The maximum atomic E-state index is 10.0. The Morgan fingerprint density at radius 1 is 1.32 bits per heavy atom. The van der Waals surface area contributed by atoms with Crippen LogP contribution in [-0.4, -0.2) is 29.1 Å². The van der Waals surface area contributed by atoms with Crippen LogP contribution in [0.1, 0.15) is 50.2 Å². The highest BCUT2D eigenvalue weighted by molar-refractivity contribution is 5.45. The summed E-state index contributed by atoms with van der Waals surface area (Å²) in [4.78, 5) is 2.71. The summed E-state index contributed by atoms with van der Waals surface area (Å²) in [5.41, 5.74) is 3.33. The predicted molar refractivity (Wildman–Crippen MR) is 90.2 cm³/mol. The van der Waals surface area contributed by atoms with Crippen molar-refractivity contribution in [2.24, 2.45) is 5.92 Å². The minimum Gasteiger partial charge on any atom is -0.508 e. The molecule has 3 atom stereocenters. The van der Waals surface area contributed by atoms with Gasteiger partial charge in [-0.25, -0.2) is 0 Å². The fraction of sp³-hybridized carbons (Fsp3) is 0.600. The minimum atomic E-state index is 0.349. The quantitative estimate of drug-likeness (QED) is 0.833. The lowest BCUT2D eigenvalue weighted by atomic mass is 9.52. The first kappa shape index (κ1) is 14.3. The van der Waals surface area contributed by atoms with Crippen molar-refractivity contribution in [1.82, 2.24) is 4.90 Å². The normalized spacial score (nSPS) is 34.4. The Morgan fingerprint density at radius 3 is 3.09 bits per heavy atom. The number of likely N-dealkylation sites (tertiary alicyclic amines) is 1. The van der Waals surface area contributed by atoms with Crippen molar-refractivity contribution in [1.29, 1.82) is 0 Å². The van der Waals surface area contributed by atoms with Gasteiger partial charge in [0.05, 0.1) is 0 Å². The molecule has 22 heavy (non-hydrogen) atoms. The zero-order chi connectivity index (χ0) is 15.2.